The second-order valence-electron chi connectivity index (χ2n) is 11.1. The second-order valence-corrected chi connectivity index (χ2v) is 11.1. The van der Waals surface area contributed by atoms with Gasteiger partial charge in [0.1, 0.15) is 17.1 Å². The number of carbonyl (C=O) groups excluding carboxylic acids is 1. The summed E-state index contributed by atoms with van der Waals surface area (Å²) in [5.74, 6) is -0.107. The minimum atomic E-state index is -0.938. The number of carbonyl (C=O) groups is 2. The molecule has 3 N–H and O–H groups in total. The normalized spacial score (nSPS) is 21.0. The van der Waals surface area contributed by atoms with Gasteiger partial charge in [-0.1, -0.05) is 52.5 Å². The van der Waals surface area contributed by atoms with E-state index in [0.717, 1.165) is 29.7 Å². The highest BCUT2D eigenvalue weighted by Crippen LogP contribution is 2.55. The number of benzene rings is 1. The fraction of sp³-hybridized carbons (Fsp3) is 0.643. The summed E-state index contributed by atoms with van der Waals surface area (Å²) in [7, 11) is 0. The Balaban J connectivity index is 1.85. The van der Waals surface area contributed by atoms with Gasteiger partial charge in [-0.25, -0.2) is 0 Å². The highest BCUT2D eigenvalue weighted by atomic mass is 16.5. The third-order valence-electron chi connectivity index (χ3n) is 7.65. The minimum Gasteiger partial charge on any atom is -0.508 e. The SMILES string of the molecule is CCCCCCC(C)(C)c1cc(O)c2c(c1)OC(C)(C)[C@@H]1CC=C(C(=O)NCCC(=O)O)C[C@@H]21. The third kappa shape index (κ3) is 5.76. The van der Waals surface area contributed by atoms with Crippen molar-refractivity contribution >= 4 is 11.9 Å². The summed E-state index contributed by atoms with van der Waals surface area (Å²) in [6, 6.07) is 3.99. The predicted octanol–water partition coefficient (Wildman–Crippen LogP) is 5.82. The van der Waals surface area contributed by atoms with Crippen molar-refractivity contribution in [3.05, 3.63) is 34.9 Å². The molecule has 34 heavy (non-hydrogen) atoms. The molecule has 0 unspecified atom stereocenters. The van der Waals surface area contributed by atoms with Gasteiger partial charge in [0.25, 0.3) is 0 Å². The maximum Gasteiger partial charge on any atom is 0.305 e. The molecule has 6 heteroatoms. The molecule has 6 nitrogen and oxygen atoms in total. The molecule has 0 bridgehead atoms. The lowest BCUT2D eigenvalue weighted by Gasteiger charge is -2.47. The average molecular weight is 472 g/mol. The van der Waals surface area contributed by atoms with E-state index in [4.69, 9.17) is 9.84 Å². The van der Waals surface area contributed by atoms with E-state index in [1.807, 2.05) is 12.1 Å². The van der Waals surface area contributed by atoms with E-state index in [1.54, 1.807) is 0 Å². The Labute approximate surface area is 203 Å². The molecule has 0 spiro atoms. The number of hydrogen-bond donors (Lipinski definition) is 3. The Morgan fingerprint density at radius 1 is 1.21 bits per heavy atom. The number of allylic oxidation sites excluding steroid dienone is 1. The molecule has 1 heterocycles. The van der Waals surface area contributed by atoms with Crippen LogP contribution in [-0.2, 0) is 15.0 Å². The van der Waals surface area contributed by atoms with Crippen molar-refractivity contribution in [2.24, 2.45) is 5.92 Å². The summed E-state index contributed by atoms with van der Waals surface area (Å²) in [6.45, 7) is 10.9. The Bertz CT molecular complexity index is 946. The number of rotatable bonds is 10. The quantitative estimate of drug-likeness (QED) is 0.374. The number of hydrogen-bond acceptors (Lipinski definition) is 4. The van der Waals surface area contributed by atoms with Crippen LogP contribution in [0.5, 0.6) is 11.5 Å². The molecule has 0 saturated heterocycles. The van der Waals surface area contributed by atoms with Gasteiger partial charge in [0.05, 0.1) is 6.42 Å². The fourth-order valence-electron chi connectivity index (χ4n) is 5.51. The Morgan fingerprint density at radius 2 is 1.94 bits per heavy atom. The zero-order valence-corrected chi connectivity index (χ0v) is 21.4. The first-order valence-corrected chi connectivity index (χ1v) is 12.7. The van der Waals surface area contributed by atoms with E-state index in [2.05, 4.69) is 46.0 Å². The number of nitrogens with one attached hydrogen (secondary N) is 1. The maximum absolute atomic E-state index is 12.7. The molecule has 0 radical (unpaired) electrons. The molecule has 188 valence electrons. The molecule has 0 fully saturated rings. The minimum absolute atomic E-state index is 0.0364. The molecule has 1 aliphatic heterocycles. The van der Waals surface area contributed by atoms with E-state index >= 15 is 0 Å². The van der Waals surface area contributed by atoms with Gasteiger partial charge in [-0.05, 0) is 56.2 Å². The molecular formula is C28H41NO5. The number of ether oxygens (including phenoxy) is 1. The average Bonchev–Trinajstić information content (AvgIpc) is 2.75. The molecular weight excluding hydrogens is 430 g/mol. The van der Waals surface area contributed by atoms with Crippen molar-refractivity contribution in [3.8, 4) is 11.5 Å². The molecule has 0 aromatic heterocycles. The lowest BCUT2D eigenvalue weighted by molar-refractivity contribution is -0.136. The Kier molecular flexibility index (Phi) is 7.99. The van der Waals surface area contributed by atoms with Gasteiger partial charge < -0.3 is 20.3 Å². The third-order valence-corrected chi connectivity index (χ3v) is 7.65. The fourth-order valence-corrected chi connectivity index (χ4v) is 5.51. The number of carboxylic acid groups (broad SMARTS) is 1. The summed E-state index contributed by atoms with van der Waals surface area (Å²) >= 11 is 0. The molecule has 1 aliphatic carbocycles. The van der Waals surface area contributed by atoms with Gasteiger partial charge in [0.15, 0.2) is 0 Å². The predicted molar refractivity (Wildman–Crippen MR) is 133 cm³/mol. The number of unbranched alkanes of at least 4 members (excludes halogenated alkanes) is 3. The van der Waals surface area contributed by atoms with Crippen LogP contribution in [0.25, 0.3) is 0 Å². The smallest absolute Gasteiger partial charge is 0.305 e. The molecule has 2 aliphatic rings. The van der Waals surface area contributed by atoms with Crippen molar-refractivity contribution in [1.82, 2.24) is 5.32 Å². The Hall–Kier alpha value is -2.50. The standard InChI is InChI=1S/C28H41NO5/c1-6-7-8-9-13-27(2,3)19-16-22(30)25-20-15-18(26(33)29-14-12-24(31)32)10-11-21(20)28(4,5)34-23(25)17-19/h10,16-17,20-21,30H,6-9,11-15H2,1-5H3,(H,29,33)(H,31,32)/t20-,21-/m1/s1. The largest absolute Gasteiger partial charge is 0.508 e. The van der Waals surface area contributed by atoms with Crippen molar-refractivity contribution < 1.29 is 24.5 Å². The summed E-state index contributed by atoms with van der Waals surface area (Å²) in [5.41, 5.74) is 2.00. The zero-order valence-electron chi connectivity index (χ0n) is 21.4. The highest BCUT2D eigenvalue weighted by Gasteiger charge is 2.47. The lowest BCUT2D eigenvalue weighted by Crippen LogP contribution is -2.46. The summed E-state index contributed by atoms with van der Waals surface area (Å²) < 4.78 is 6.48. The first kappa shape index (κ1) is 26.1. The van der Waals surface area contributed by atoms with E-state index in [9.17, 15) is 14.7 Å². The summed E-state index contributed by atoms with van der Waals surface area (Å²) in [5, 5.41) is 22.7. The van der Waals surface area contributed by atoms with E-state index < -0.39 is 11.6 Å². The monoisotopic (exact) mass is 471 g/mol. The summed E-state index contributed by atoms with van der Waals surface area (Å²) in [4.78, 5) is 23.4. The second kappa shape index (κ2) is 10.4. The zero-order chi connectivity index (χ0) is 25.1. The van der Waals surface area contributed by atoms with Crippen LogP contribution in [0.4, 0.5) is 0 Å². The maximum atomic E-state index is 12.7. The molecule has 1 amide bonds. The first-order valence-electron chi connectivity index (χ1n) is 12.7. The van der Waals surface area contributed by atoms with Gasteiger partial charge in [-0.3, -0.25) is 9.59 Å². The number of fused-ring (bicyclic) bond motifs is 3. The van der Waals surface area contributed by atoms with E-state index in [-0.39, 0.29) is 41.9 Å². The lowest BCUT2D eigenvalue weighted by atomic mass is 9.66. The van der Waals surface area contributed by atoms with Gasteiger partial charge in [-0.2, -0.15) is 0 Å². The summed E-state index contributed by atoms with van der Waals surface area (Å²) in [6.07, 6.45) is 8.87. The van der Waals surface area contributed by atoms with Crippen LogP contribution in [0.3, 0.4) is 0 Å². The van der Waals surface area contributed by atoms with Crippen LogP contribution >= 0.6 is 0 Å². The van der Waals surface area contributed by atoms with Crippen molar-refractivity contribution in [2.75, 3.05) is 6.54 Å². The van der Waals surface area contributed by atoms with Crippen LogP contribution < -0.4 is 10.1 Å². The first-order chi connectivity index (χ1) is 16.0. The number of aromatic hydroxyl groups is 1. The Morgan fingerprint density at radius 3 is 2.62 bits per heavy atom. The van der Waals surface area contributed by atoms with Crippen LogP contribution in [-0.4, -0.2) is 34.2 Å². The molecule has 1 aromatic carbocycles. The van der Waals surface area contributed by atoms with E-state index in [1.165, 1.54) is 19.3 Å². The van der Waals surface area contributed by atoms with Crippen LogP contribution in [0.2, 0.25) is 0 Å². The number of phenols is 1. The van der Waals surface area contributed by atoms with E-state index in [0.29, 0.717) is 18.4 Å². The topological polar surface area (TPSA) is 95.9 Å². The number of amides is 1. The van der Waals surface area contributed by atoms with Crippen LogP contribution in [0.1, 0.15) is 103 Å². The van der Waals surface area contributed by atoms with Crippen molar-refractivity contribution in [3.63, 3.8) is 0 Å². The van der Waals surface area contributed by atoms with Crippen molar-refractivity contribution in [2.45, 2.75) is 103 Å². The number of carboxylic acids is 1. The number of aliphatic carboxylic acids is 1. The van der Waals surface area contributed by atoms with Gasteiger partial charge in [0.2, 0.25) is 5.91 Å². The van der Waals surface area contributed by atoms with Gasteiger partial charge >= 0.3 is 5.97 Å². The number of phenolic OH excluding ortho intramolecular Hbond substituents is 1. The van der Waals surface area contributed by atoms with Crippen LogP contribution in [0.15, 0.2) is 23.8 Å². The molecule has 0 saturated carbocycles. The van der Waals surface area contributed by atoms with Gasteiger partial charge in [-0.15, -0.1) is 0 Å². The molecule has 3 rings (SSSR count). The molecule has 2 atom stereocenters. The van der Waals surface area contributed by atoms with Gasteiger partial charge in [0, 0.05) is 29.5 Å². The molecule has 1 aromatic rings. The highest BCUT2D eigenvalue weighted by molar-refractivity contribution is 5.94. The van der Waals surface area contributed by atoms with Crippen LogP contribution in [0, 0.1) is 5.92 Å². The van der Waals surface area contributed by atoms with Crippen molar-refractivity contribution in [1.29, 1.82) is 0 Å².